The van der Waals surface area contributed by atoms with E-state index in [-0.39, 0.29) is 5.97 Å². The number of alkyl halides is 1. The molecule has 0 saturated carbocycles. The van der Waals surface area contributed by atoms with E-state index >= 15 is 0 Å². The molecule has 0 aromatic heterocycles. The number of carbonyl (C=O) groups excluding carboxylic acids is 1. The quantitative estimate of drug-likeness (QED) is 0.463. The fourth-order valence-corrected chi connectivity index (χ4v) is 0.835. The summed E-state index contributed by atoms with van der Waals surface area (Å²) in [7, 11) is 0. The van der Waals surface area contributed by atoms with Gasteiger partial charge in [-0.15, -0.1) is 0 Å². The van der Waals surface area contributed by atoms with Gasteiger partial charge < -0.3 is 4.74 Å². The molecule has 0 heterocycles. The van der Waals surface area contributed by atoms with Crippen molar-refractivity contribution in [3.63, 3.8) is 0 Å². The number of ether oxygens (including phenoxy) is 1. The second kappa shape index (κ2) is 5.60. The second-order valence-electron chi connectivity index (χ2n) is 3.56. The van der Waals surface area contributed by atoms with Crippen molar-refractivity contribution in [3.8, 4) is 0 Å². The summed E-state index contributed by atoms with van der Waals surface area (Å²) < 4.78 is 4.37. The third-order valence-corrected chi connectivity index (χ3v) is 1.91. The van der Waals surface area contributed by atoms with Crippen molar-refractivity contribution in [3.05, 3.63) is 0 Å². The summed E-state index contributed by atoms with van der Waals surface area (Å²) >= 11 is 3.21. The minimum Gasteiger partial charge on any atom is -0.446 e. The van der Waals surface area contributed by atoms with E-state index in [0.717, 1.165) is 19.3 Å². The standard InChI is InChI=1S/C9H18BrNO2/c1-4-5-6-7(11)13-8(12)9(2,3)10/h7H,4-6,11H2,1-3H3. The first kappa shape index (κ1) is 12.9. The molecule has 0 spiro atoms. The zero-order valence-electron chi connectivity index (χ0n) is 8.47. The minimum atomic E-state index is -0.642. The first-order valence-electron chi connectivity index (χ1n) is 4.53. The highest BCUT2D eigenvalue weighted by atomic mass is 79.9. The molecule has 13 heavy (non-hydrogen) atoms. The number of esters is 1. The van der Waals surface area contributed by atoms with Gasteiger partial charge in [-0.05, 0) is 26.7 Å². The molecule has 0 aliphatic rings. The number of rotatable bonds is 5. The summed E-state index contributed by atoms with van der Waals surface area (Å²) in [6, 6.07) is 0. The topological polar surface area (TPSA) is 52.3 Å². The van der Waals surface area contributed by atoms with Crippen molar-refractivity contribution in [2.24, 2.45) is 5.73 Å². The third kappa shape index (κ3) is 6.05. The average molecular weight is 252 g/mol. The molecular weight excluding hydrogens is 234 g/mol. The second-order valence-corrected chi connectivity index (χ2v) is 5.54. The summed E-state index contributed by atoms with van der Waals surface area (Å²) in [6.07, 6.45) is 2.30. The van der Waals surface area contributed by atoms with Crippen LogP contribution in [0.2, 0.25) is 0 Å². The Morgan fingerprint density at radius 2 is 2.15 bits per heavy atom. The van der Waals surface area contributed by atoms with Gasteiger partial charge >= 0.3 is 5.97 Å². The van der Waals surface area contributed by atoms with Crippen molar-refractivity contribution < 1.29 is 9.53 Å². The minimum absolute atomic E-state index is 0.309. The molecule has 0 aromatic carbocycles. The first-order chi connectivity index (χ1) is 5.88. The fraction of sp³-hybridized carbons (Fsp3) is 0.889. The van der Waals surface area contributed by atoms with Crippen LogP contribution in [0.25, 0.3) is 0 Å². The number of hydrogen-bond acceptors (Lipinski definition) is 3. The van der Waals surface area contributed by atoms with Gasteiger partial charge in [0.15, 0.2) is 6.23 Å². The van der Waals surface area contributed by atoms with Crippen LogP contribution in [0.3, 0.4) is 0 Å². The fourth-order valence-electron chi connectivity index (χ4n) is 0.742. The molecule has 0 bridgehead atoms. The maximum Gasteiger partial charge on any atom is 0.323 e. The van der Waals surface area contributed by atoms with Crippen LogP contribution in [0.4, 0.5) is 0 Å². The molecule has 4 heteroatoms. The molecule has 0 aromatic rings. The van der Waals surface area contributed by atoms with E-state index in [9.17, 15) is 4.79 Å². The van der Waals surface area contributed by atoms with E-state index in [1.807, 2.05) is 0 Å². The molecular formula is C9H18BrNO2. The van der Waals surface area contributed by atoms with E-state index in [2.05, 4.69) is 22.9 Å². The molecule has 0 aliphatic carbocycles. The molecule has 1 atom stereocenters. The van der Waals surface area contributed by atoms with Crippen molar-refractivity contribution in [1.82, 2.24) is 0 Å². The van der Waals surface area contributed by atoms with Crippen LogP contribution < -0.4 is 5.73 Å². The molecule has 1 unspecified atom stereocenters. The molecule has 0 amide bonds. The van der Waals surface area contributed by atoms with Crippen molar-refractivity contribution in [2.45, 2.75) is 50.6 Å². The van der Waals surface area contributed by atoms with E-state index in [4.69, 9.17) is 10.5 Å². The highest BCUT2D eigenvalue weighted by Crippen LogP contribution is 2.18. The summed E-state index contributed by atoms with van der Waals surface area (Å²) in [5.74, 6) is -0.309. The van der Waals surface area contributed by atoms with Gasteiger partial charge in [-0.25, -0.2) is 0 Å². The van der Waals surface area contributed by atoms with Crippen LogP contribution in [0.1, 0.15) is 40.0 Å². The normalized spacial score (nSPS) is 13.9. The van der Waals surface area contributed by atoms with Gasteiger partial charge in [0.1, 0.15) is 4.32 Å². The number of halogens is 1. The Hall–Kier alpha value is -0.0900. The Labute approximate surface area is 88.1 Å². The largest absolute Gasteiger partial charge is 0.446 e. The number of carbonyl (C=O) groups is 1. The molecule has 0 rings (SSSR count). The lowest BCUT2D eigenvalue weighted by atomic mass is 10.2. The van der Waals surface area contributed by atoms with Gasteiger partial charge in [0.25, 0.3) is 0 Å². The van der Waals surface area contributed by atoms with Crippen molar-refractivity contribution in [2.75, 3.05) is 0 Å². The Bertz CT molecular complexity index is 165. The lowest BCUT2D eigenvalue weighted by Crippen LogP contribution is -2.35. The predicted octanol–water partition coefficient (Wildman–Crippen LogP) is 2.18. The van der Waals surface area contributed by atoms with Crippen LogP contribution in [-0.2, 0) is 9.53 Å². The lowest BCUT2D eigenvalue weighted by molar-refractivity contribution is -0.150. The highest BCUT2D eigenvalue weighted by Gasteiger charge is 2.26. The monoisotopic (exact) mass is 251 g/mol. The predicted molar refractivity (Wildman–Crippen MR) is 56.6 cm³/mol. The number of nitrogens with two attached hydrogens (primary N) is 1. The summed E-state index contributed by atoms with van der Waals surface area (Å²) in [6.45, 7) is 5.55. The highest BCUT2D eigenvalue weighted by molar-refractivity contribution is 9.10. The van der Waals surface area contributed by atoms with Crippen molar-refractivity contribution >= 4 is 21.9 Å². The van der Waals surface area contributed by atoms with E-state index < -0.39 is 10.6 Å². The van der Waals surface area contributed by atoms with Crippen LogP contribution in [0.5, 0.6) is 0 Å². The maximum atomic E-state index is 11.3. The van der Waals surface area contributed by atoms with Gasteiger partial charge in [-0.2, -0.15) is 0 Å². The van der Waals surface area contributed by atoms with Gasteiger partial charge in [0, 0.05) is 0 Å². The molecule has 0 aliphatic heterocycles. The molecule has 0 radical (unpaired) electrons. The van der Waals surface area contributed by atoms with Crippen LogP contribution in [0, 0.1) is 0 Å². The Morgan fingerprint density at radius 3 is 2.54 bits per heavy atom. The lowest BCUT2D eigenvalue weighted by Gasteiger charge is -2.19. The SMILES string of the molecule is CCCCC(N)OC(=O)C(C)(C)Br. The van der Waals surface area contributed by atoms with Crippen LogP contribution in [0.15, 0.2) is 0 Å². The number of unbranched alkanes of at least 4 members (excludes halogenated alkanes) is 1. The van der Waals surface area contributed by atoms with Gasteiger partial charge in [-0.3, -0.25) is 10.5 Å². The first-order valence-corrected chi connectivity index (χ1v) is 5.32. The Morgan fingerprint density at radius 1 is 1.62 bits per heavy atom. The van der Waals surface area contributed by atoms with Crippen molar-refractivity contribution in [1.29, 1.82) is 0 Å². The molecule has 78 valence electrons. The smallest absolute Gasteiger partial charge is 0.323 e. The number of hydrogen-bond donors (Lipinski definition) is 1. The Balaban J connectivity index is 3.79. The zero-order chi connectivity index (χ0) is 10.5. The zero-order valence-corrected chi connectivity index (χ0v) is 10.1. The Kier molecular flexibility index (Phi) is 5.56. The van der Waals surface area contributed by atoms with E-state index in [1.54, 1.807) is 13.8 Å². The maximum absolute atomic E-state index is 11.3. The van der Waals surface area contributed by atoms with Crippen LogP contribution >= 0.6 is 15.9 Å². The van der Waals surface area contributed by atoms with Gasteiger partial charge in [0.2, 0.25) is 0 Å². The molecule has 0 saturated heterocycles. The van der Waals surface area contributed by atoms with Gasteiger partial charge in [0.05, 0.1) is 0 Å². The third-order valence-electron chi connectivity index (χ3n) is 1.59. The molecule has 3 nitrogen and oxygen atoms in total. The van der Waals surface area contributed by atoms with Gasteiger partial charge in [-0.1, -0.05) is 29.3 Å². The summed E-state index contributed by atoms with van der Waals surface area (Å²) in [5.41, 5.74) is 5.59. The summed E-state index contributed by atoms with van der Waals surface area (Å²) in [4.78, 5) is 11.3. The molecule has 0 fully saturated rings. The summed E-state index contributed by atoms with van der Waals surface area (Å²) in [5, 5.41) is 0. The molecule has 2 N–H and O–H groups in total. The van der Waals surface area contributed by atoms with Crippen LogP contribution in [-0.4, -0.2) is 16.5 Å². The van der Waals surface area contributed by atoms with E-state index in [0.29, 0.717) is 0 Å². The van der Waals surface area contributed by atoms with E-state index in [1.165, 1.54) is 0 Å². The average Bonchev–Trinajstić information content (AvgIpc) is 1.99.